The Bertz CT molecular complexity index is 769. The van der Waals surface area contributed by atoms with Crippen LogP contribution < -0.4 is 0 Å². The largest absolute Gasteiger partial charge is 0.476 e. The van der Waals surface area contributed by atoms with E-state index in [9.17, 15) is 14.0 Å². The first-order valence-corrected chi connectivity index (χ1v) is 8.17. The van der Waals surface area contributed by atoms with Crippen molar-refractivity contribution in [1.82, 2.24) is 19.9 Å². The highest BCUT2D eigenvalue weighted by atomic mass is 19.1. The third kappa shape index (κ3) is 4.20. The summed E-state index contributed by atoms with van der Waals surface area (Å²) in [6.45, 7) is 1.19. The fourth-order valence-electron chi connectivity index (χ4n) is 3.07. The van der Waals surface area contributed by atoms with Crippen LogP contribution in [0, 0.1) is 11.7 Å². The molecule has 0 atom stereocenters. The number of carbonyl (C=O) groups is 2. The summed E-state index contributed by atoms with van der Waals surface area (Å²) in [5, 5.41) is 16.0. The summed E-state index contributed by atoms with van der Waals surface area (Å²) in [7, 11) is 0. The van der Waals surface area contributed by atoms with Gasteiger partial charge in [-0.2, -0.15) is 0 Å². The second kappa shape index (κ2) is 7.42. The Kier molecular flexibility index (Phi) is 5.06. The predicted octanol–water partition coefficient (Wildman–Crippen LogP) is 1.60. The van der Waals surface area contributed by atoms with Gasteiger partial charge in [-0.3, -0.25) is 4.79 Å². The third-order valence-corrected chi connectivity index (χ3v) is 4.49. The second-order valence-corrected chi connectivity index (χ2v) is 6.23. The van der Waals surface area contributed by atoms with E-state index in [1.54, 1.807) is 17.0 Å². The maximum Gasteiger partial charge on any atom is 0.358 e. The number of nitrogens with zero attached hydrogens (tertiary/aromatic N) is 4. The molecule has 1 N–H and O–H groups in total. The molecule has 1 aromatic heterocycles. The van der Waals surface area contributed by atoms with E-state index >= 15 is 0 Å². The van der Waals surface area contributed by atoms with E-state index in [2.05, 4.69) is 10.3 Å². The SMILES string of the molecule is O=C(O)c1cn(CC(=O)N2CCC(Cc3ccccc3F)CC2)nn1. The van der Waals surface area contributed by atoms with Crippen LogP contribution in [-0.2, 0) is 17.8 Å². The van der Waals surface area contributed by atoms with E-state index in [1.165, 1.54) is 16.9 Å². The van der Waals surface area contributed by atoms with Crippen LogP contribution in [0.15, 0.2) is 30.5 Å². The lowest BCUT2D eigenvalue weighted by Gasteiger charge is -2.32. The molecule has 0 aliphatic carbocycles. The van der Waals surface area contributed by atoms with E-state index in [4.69, 9.17) is 5.11 Å². The molecule has 25 heavy (non-hydrogen) atoms. The topological polar surface area (TPSA) is 88.3 Å². The highest BCUT2D eigenvalue weighted by molar-refractivity contribution is 5.84. The molecule has 1 aliphatic rings. The van der Waals surface area contributed by atoms with Gasteiger partial charge in [-0.1, -0.05) is 23.4 Å². The number of rotatable bonds is 5. The summed E-state index contributed by atoms with van der Waals surface area (Å²) >= 11 is 0. The van der Waals surface area contributed by atoms with Crippen molar-refractivity contribution in [2.45, 2.75) is 25.8 Å². The number of aromatic carboxylic acids is 1. The van der Waals surface area contributed by atoms with Gasteiger partial charge in [0.1, 0.15) is 12.4 Å². The quantitative estimate of drug-likeness (QED) is 0.888. The Balaban J connectivity index is 1.50. The molecular formula is C17H19FN4O3. The zero-order chi connectivity index (χ0) is 17.8. The summed E-state index contributed by atoms with van der Waals surface area (Å²) in [6, 6.07) is 6.79. The van der Waals surface area contributed by atoms with Crippen molar-refractivity contribution in [3.05, 3.63) is 47.5 Å². The van der Waals surface area contributed by atoms with Crippen LogP contribution in [-0.4, -0.2) is 50.0 Å². The average molecular weight is 346 g/mol. The molecule has 1 saturated heterocycles. The first-order valence-electron chi connectivity index (χ1n) is 8.17. The Labute approximate surface area is 144 Å². The molecule has 0 spiro atoms. The number of aromatic nitrogens is 3. The Morgan fingerprint density at radius 3 is 2.60 bits per heavy atom. The van der Waals surface area contributed by atoms with Gasteiger partial charge in [-0.25, -0.2) is 13.9 Å². The van der Waals surface area contributed by atoms with Crippen molar-refractivity contribution in [2.75, 3.05) is 13.1 Å². The van der Waals surface area contributed by atoms with Crippen molar-refractivity contribution in [1.29, 1.82) is 0 Å². The van der Waals surface area contributed by atoms with E-state index in [-0.39, 0.29) is 24.0 Å². The van der Waals surface area contributed by atoms with Crippen LogP contribution in [0.3, 0.4) is 0 Å². The van der Waals surface area contributed by atoms with Crippen LogP contribution in [0.5, 0.6) is 0 Å². The molecule has 0 saturated carbocycles. The first kappa shape index (κ1) is 17.1. The van der Waals surface area contributed by atoms with Gasteiger partial charge < -0.3 is 10.0 Å². The molecule has 1 amide bonds. The van der Waals surface area contributed by atoms with Crippen molar-refractivity contribution in [3.8, 4) is 0 Å². The molecule has 0 radical (unpaired) electrons. The number of carboxylic acid groups (broad SMARTS) is 1. The number of benzene rings is 1. The molecule has 1 aromatic carbocycles. The standard InChI is InChI=1S/C17H19FN4O3/c18-14-4-2-1-3-13(14)9-12-5-7-21(8-6-12)16(23)11-22-10-15(17(24)25)19-20-22/h1-4,10,12H,5-9,11H2,(H,24,25). The minimum Gasteiger partial charge on any atom is -0.476 e. The normalized spacial score (nSPS) is 15.3. The van der Waals surface area contributed by atoms with Gasteiger partial charge >= 0.3 is 5.97 Å². The van der Waals surface area contributed by atoms with Crippen LogP contribution in [0.1, 0.15) is 28.9 Å². The van der Waals surface area contributed by atoms with E-state index in [1.807, 2.05) is 6.07 Å². The van der Waals surface area contributed by atoms with E-state index in [0.29, 0.717) is 25.4 Å². The van der Waals surface area contributed by atoms with Gasteiger partial charge in [0.25, 0.3) is 0 Å². The summed E-state index contributed by atoms with van der Waals surface area (Å²) in [5.74, 6) is -1.12. The predicted molar refractivity (Wildman–Crippen MR) is 86.4 cm³/mol. The molecule has 1 fully saturated rings. The van der Waals surface area contributed by atoms with Crippen LogP contribution in [0.4, 0.5) is 4.39 Å². The number of amides is 1. The second-order valence-electron chi connectivity index (χ2n) is 6.23. The number of piperidine rings is 1. The van der Waals surface area contributed by atoms with Crippen molar-refractivity contribution < 1.29 is 19.1 Å². The smallest absolute Gasteiger partial charge is 0.358 e. The Morgan fingerprint density at radius 1 is 1.24 bits per heavy atom. The number of halogens is 1. The zero-order valence-corrected chi connectivity index (χ0v) is 13.6. The Hall–Kier alpha value is -2.77. The molecular weight excluding hydrogens is 327 g/mol. The lowest BCUT2D eigenvalue weighted by molar-refractivity contribution is -0.133. The van der Waals surface area contributed by atoms with Gasteiger partial charge in [-0.05, 0) is 36.8 Å². The van der Waals surface area contributed by atoms with Crippen molar-refractivity contribution >= 4 is 11.9 Å². The minimum absolute atomic E-state index is 0.0295. The summed E-state index contributed by atoms with van der Waals surface area (Å²) < 4.78 is 15.0. The highest BCUT2D eigenvalue weighted by Crippen LogP contribution is 2.23. The molecule has 7 nitrogen and oxygen atoms in total. The monoisotopic (exact) mass is 346 g/mol. The average Bonchev–Trinajstić information content (AvgIpc) is 3.06. The first-order chi connectivity index (χ1) is 12.0. The zero-order valence-electron chi connectivity index (χ0n) is 13.6. The summed E-state index contributed by atoms with van der Waals surface area (Å²) in [4.78, 5) is 24.8. The van der Waals surface area contributed by atoms with Gasteiger partial charge in [0, 0.05) is 13.1 Å². The van der Waals surface area contributed by atoms with Crippen molar-refractivity contribution in [2.24, 2.45) is 5.92 Å². The summed E-state index contributed by atoms with van der Waals surface area (Å²) in [6.07, 6.45) is 3.56. The number of likely N-dealkylation sites (tertiary alicyclic amines) is 1. The number of hydrogen-bond acceptors (Lipinski definition) is 4. The minimum atomic E-state index is -1.17. The third-order valence-electron chi connectivity index (χ3n) is 4.49. The summed E-state index contributed by atoms with van der Waals surface area (Å²) in [5.41, 5.74) is 0.535. The molecule has 8 heteroatoms. The van der Waals surface area contributed by atoms with Crippen LogP contribution in [0.2, 0.25) is 0 Å². The molecule has 0 bridgehead atoms. The molecule has 2 heterocycles. The fraction of sp³-hybridized carbons (Fsp3) is 0.412. The lowest BCUT2D eigenvalue weighted by Crippen LogP contribution is -2.40. The van der Waals surface area contributed by atoms with Gasteiger partial charge in [0.15, 0.2) is 5.69 Å². The number of carboxylic acids is 1. The number of carbonyl (C=O) groups excluding carboxylic acids is 1. The molecule has 1 aliphatic heterocycles. The van der Waals surface area contributed by atoms with Crippen LogP contribution >= 0.6 is 0 Å². The fourth-order valence-corrected chi connectivity index (χ4v) is 3.07. The maximum absolute atomic E-state index is 13.7. The van der Waals surface area contributed by atoms with E-state index < -0.39 is 5.97 Å². The lowest BCUT2D eigenvalue weighted by atomic mass is 9.90. The van der Waals surface area contributed by atoms with Crippen molar-refractivity contribution in [3.63, 3.8) is 0 Å². The Morgan fingerprint density at radius 2 is 1.96 bits per heavy atom. The molecule has 2 aromatic rings. The van der Waals surface area contributed by atoms with Crippen LogP contribution in [0.25, 0.3) is 0 Å². The van der Waals surface area contributed by atoms with Gasteiger partial charge in [0.05, 0.1) is 6.20 Å². The highest BCUT2D eigenvalue weighted by Gasteiger charge is 2.24. The molecule has 132 valence electrons. The molecule has 3 rings (SSSR count). The van der Waals surface area contributed by atoms with Gasteiger partial charge in [0.2, 0.25) is 5.91 Å². The maximum atomic E-state index is 13.7. The number of hydrogen-bond donors (Lipinski definition) is 1. The van der Waals surface area contributed by atoms with E-state index in [0.717, 1.165) is 18.4 Å². The molecule has 0 unspecified atom stereocenters. The van der Waals surface area contributed by atoms with Gasteiger partial charge in [-0.15, -0.1) is 5.10 Å².